The highest BCUT2D eigenvalue weighted by Gasteiger charge is 2.14. The molecule has 0 saturated heterocycles. The standard InChI is InChI=1S/C16H20FN3O/c1-21-15-7-6-11(8-13(15)17)14-9-19-16(20-14)10-18-12-4-2-3-5-12/h6-9,12,18H,2-5,10H2,1H3,(H,19,20). The first-order valence-electron chi connectivity index (χ1n) is 7.37. The molecule has 0 amide bonds. The van der Waals surface area contributed by atoms with Gasteiger partial charge in [0.05, 0.1) is 25.5 Å². The first kappa shape index (κ1) is 14.1. The quantitative estimate of drug-likeness (QED) is 0.888. The number of rotatable bonds is 5. The van der Waals surface area contributed by atoms with Gasteiger partial charge in [-0.1, -0.05) is 12.8 Å². The molecule has 0 bridgehead atoms. The summed E-state index contributed by atoms with van der Waals surface area (Å²) in [6.07, 6.45) is 6.86. The Labute approximate surface area is 123 Å². The number of methoxy groups -OCH3 is 1. The number of imidazole rings is 1. The van der Waals surface area contributed by atoms with Crippen molar-refractivity contribution in [2.45, 2.75) is 38.3 Å². The summed E-state index contributed by atoms with van der Waals surface area (Å²) in [6, 6.07) is 5.52. The van der Waals surface area contributed by atoms with Gasteiger partial charge in [0.1, 0.15) is 5.82 Å². The van der Waals surface area contributed by atoms with Crippen LogP contribution in [0.4, 0.5) is 4.39 Å². The fourth-order valence-electron chi connectivity index (χ4n) is 2.80. The van der Waals surface area contributed by atoms with Crippen molar-refractivity contribution in [3.63, 3.8) is 0 Å². The predicted octanol–water partition coefficient (Wildman–Crippen LogP) is 3.26. The van der Waals surface area contributed by atoms with Crippen molar-refractivity contribution in [3.8, 4) is 17.0 Å². The van der Waals surface area contributed by atoms with Crippen LogP contribution in [-0.2, 0) is 6.54 Å². The van der Waals surface area contributed by atoms with Crippen LogP contribution in [0, 0.1) is 5.82 Å². The molecule has 1 heterocycles. The SMILES string of the molecule is COc1ccc(-c2cnc(CNC3CCCC3)[nH]2)cc1F. The molecule has 0 unspecified atom stereocenters. The van der Waals surface area contributed by atoms with E-state index in [0.717, 1.165) is 23.6 Å². The molecule has 0 aliphatic heterocycles. The van der Waals surface area contributed by atoms with Gasteiger partial charge in [0, 0.05) is 11.6 Å². The van der Waals surface area contributed by atoms with Crippen LogP contribution >= 0.6 is 0 Å². The van der Waals surface area contributed by atoms with Crippen LogP contribution in [0.1, 0.15) is 31.5 Å². The van der Waals surface area contributed by atoms with E-state index < -0.39 is 0 Å². The molecule has 4 nitrogen and oxygen atoms in total. The number of benzene rings is 1. The van der Waals surface area contributed by atoms with Crippen molar-refractivity contribution in [3.05, 3.63) is 36.0 Å². The topological polar surface area (TPSA) is 49.9 Å². The van der Waals surface area contributed by atoms with Crippen LogP contribution in [0.5, 0.6) is 5.75 Å². The van der Waals surface area contributed by atoms with E-state index in [2.05, 4.69) is 15.3 Å². The van der Waals surface area contributed by atoms with E-state index in [1.807, 2.05) is 6.07 Å². The van der Waals surface area contributed by atoms with Gasteiger partial charge in [0.25, 0.3) is 0 Å². The lowest BCUT2D eigenvalue weighted by atomic mass is 10.1. The average Bonchev–Trinajstić information content (AvgIpc) is 3.16. The maximum absolute atomic E-state index is 13.7. The van der Waals surface area contributed by atoms with Crippen LogP contribution in [0.3, 0.4) is 0 Å². The van der Waals surface area contributed by atoms with Crippen molar-refractivity contribution >= 4 is 0 Å². The number of hydrogen-bond donors (Lipinski definition) is 2. The van der Waals surface area contributed by atoms with Gasteiger partial charge >= 0.3 is 0 Å². The Kier molecular flexibility index (Phi) is 4.20. The maximum atomic E-state index is 13.7. The molecule has 0 radical (unpaired) electrons. The Morgan fingerprint density at radius 2 is 2.19 bits per heavy atom. The average molecular weight is 289 g/mol. The Hall–Kier alpha value is -1.88. The number of nitrogens with one attached hydrogen (secondary N) is 2. The third kappa shape index (κ3) is 3.24. The van der Waals surface area contributed by atoms with Gasteiger partial charge in [0.2, 0.25) is 0 Å². The Balaban J connectivity index is 1.67. The summed E-state index contributed by atoms with van der Waals surface area (Å²) in [5, 5.41) is 3.50. The van der Waals surface area contributed by atoms with Crippen molar-refractivity contribution < 1.29 is 9.13 Å². The maximum Gasteiger partial charge on any atom is 0.165 e. The first-order chi connectivity index (χ1) is 10.3. The number of H-pyrrole nitrogens is 1. The zero-order valence-corrected chi connectivity index (χ0v) is 12.2. The van der Waals surface area contributed by atoms with E-state index in [-0.39, 0.29) is 11.6 Å². The zero-order chi connectivity index (χ0) is 14.7. The molecule has 1 fully saturated rings. The second-order valence-electron chi connectivity index (χ2n) is 5.46. The van der Waals surface area contributed by atoms with Gasteiger partial charge in [-0.3, -0.25) is 0 Å². The lowest BCUT2D eigenvalue weighted by Gasteiger charge is -2.09. The minimum atomic E-state index is -0.366. The summed E-state index contributed by atoms with van der Waals surface area (Å²) >= 11 is 0. The highest BCUT2D eigenvalue weighted by molar-refractivity contribution is 5.59. The normalized spacial score (nSPS) is 15.5. The molecule has 1 aromatic carbocycles. The third-order valence-electron chi connectivity index (χ3n) is 4.00. The Morgan fingerprint density at radius 1 is 1.38 bits per heavy atom. The van der Waals surface area contributed by atoms with Crippen LogP contribution in [0.2, 0.25) is 0 Å². The molecule has 1 saturated carbocycles. The highest BCUT2D eigenvalue weighted by Crippen LogP contribution is 2.24. The van der Waals surface area contributed by atoms with E-state index in [1.54, 1.807) is 12.3 Å². The highest BCUT2D eigenvalue weighted by atomic mass is 19.1. The van der Waals surface area contributed by atoms with Crippen LogP contribution in [0.25, 0.3) is 11.3 Å². The number of aromatic amines is 1. The van der Waals surface area contributed by atoms with Gasteiger partial charge in [0.15, 0.2) is 11.6 Å². The van der Waals surface area contributed by atoms with E-state index in [1.165, 1.54) is 38.9 Å². The molecule has 3 rings (SSSR count). The predicted molar refractivity (Wildman–Crippen MR) is 79.6 cm³/mol. The lowest BCUT2D eigenvalue weighted by molar-refractivity contribution is 0.386. The van der Waals surface area contributed by atoms with E-state index in [9.17, 15) is 4.39 Å². The van der Waals surface area contributed by atoms with E-state index in [0.29, 0.717) is 6.04 Å². The number of halogens is 1. The van der Waals surface area contributed by atoms with E-state index >= 15 is 0 Å². The molecule has 2 N–H and O–H groups in total. The first-order valence-corrected chi connectivity index (χ1v) is 7.37. The van der Waals surface area contributed by atoms with E-state index in [4.69, 9.17) is 4.74 Å². The zero-order valence-electron chi connectivity index (χ0n) is 12.2. The number of ether oxygens (including phenoxy) is 1. The number of hydrogen-bond acceptors (Lipinski definition) is 3. The molecule has 0 atom stereocenters. The molecule has 1 aliphatic carbocycles. The summed E-state index contributed by atoms with van der Waals surface area (Å²) in [5.74, 6) is 0.768. The number of nitrogens with zero attached hydrogens (tertiary/aromatic N) is 1. The van der Waals surface area contributed by atoms with Crippen molar-refractivity contribution in [1.29, 1.82) is 0 Å². The molecule has 5 heteroatoms. The van der Waals surface area contributed by atoms with Crippen molar-refractivity contribution in [2.75, 3.05) is 7.11 Å². The van der Waals surface area contributed by atoms with Gasteiger partial charge in [-0.2, -0.15) is 0 Å². The molecule has 1 aliphatic rings. The van der Waals surface area contributed by atoms with Crippen LogP contribution < -0.4 is 10.1 Å². The molecule has 0 spiro atoms. The van der Waals surface area contributed by atoms with Gasteiger partial charge < -0.3 is 15.0 Å². The summed E-state index contributed by atoms with van der Waals surface area (Å²) in [5.41, 5.74) is 1.59. The summed E-state index contributed by atoms with van der Waals surface area (Å²) in [4.78, 5) is 7.59. The third-order valence-corrected chi connectivity index (χ3v) is 4.00. The van der Waals surface area contributed by atoms with Gasteiger partial charge in [-0.05, 0) is 31.0 Å². The minimum absolute atomic E-state index is 0.251. The lowest BCUT2D eigenvalue weighted by Crippen LogP contribution is -2.25. The van der Waals surface area contributed by atoms with Crippen molar-refractivity contribution in [1.82, 2.24) is 15.3 Å². The second kappa shape index (κ2) is 6.26. The Morgan fingerprint density at radius 3 is 2.90 bits per heavy atom. The molecule has 1 aromatic heterocycles. The summed E-state index contributed by atoms with van der Waals surface area (Å²) < 4.78 is 18.6. The monoisotopic (exact) mass is 289 g/mol. The molecule has 21 heavy (non-hydrogen) atoms. The molecular weight excluding hydrogens is 269 g/mol. The fraction of sp³-hybridized carbons (Fsp3) is 0.438. The van der Waals surface area contributed by atoms with Gasteiger partial charge in [-0.15, -0.1) is 0 Å². The smallest absolute Gasteiger partial charge is 0.165 e. The fourth-order valence-corrected chi connectivity index (χ4v) is 2.80. The van der Waals surface area contributed by atoms with Crippen LogP contribution in [-0.4, -0.2) is 23.1 Å². The number of aromatic nitrogens is 2. The van der Waals surface area contributed by atoms with Gasteiger partial charge in [-0.25, -0.2) is 9.37 Å². The van der Waals surface area contributed by atoms with Crippen molar-refractivity contribution in [2.24, 2.45) is 0 Å². The largest absolute Gasteiger partial charge is 0.494 e. The molecule has 2 aromatic rings. The Bertz CT molecular complexity index is 605. The summed E-state index contributed by atoms with van der Waals surface area (Å²) in [6.45, 7) is 0.725. The minimum Gasteiger partial charge on any atom is -0.494 e. The molecule has 112 valence electrons. The summed E-state index contributed by atoms with van der Waals surface area (Å²) in [7, 11) is 1.46. The second-order valence-corrected chi connectivity index (χ2v) is 5.46. The molecular formula is C16H20FN3O. The van der Waals surface area contributed by atoms with Crippen LogP contribution in [0.15, 0.2) is 24.4 Å².